The number of carbonyl (C=O) groups excluding carboxylic acids is 2. The maximum absolute atomic E-state index is 12.5. The second kappa shape index (κ2) is 9.12. The summed E-state index contributed by atoms with van der Waals surface area (Å²) in [6.45, 7) is -0.239. The van der Waals surface area contributed by atoms with Gasteiger partial charge in [0, 0.05) is 12.1 Å². The zero-order valence-corrected chi connectivity index (χ0v) is 15.2. The number of carbonyl (C=O) groups is 2. The number of benzene rings is 2. The fourth-order valence-corrected chi connectivity index (χ4v) is 2.31. The molecule has 0 aliphatic carbocycles. The van der Waals surface area contributed by atoms with Gasteiger partial charge in [-0.25, -0.2) is 0 Å². The monoisotopic (exact) mass is 396 g/mol. The number of amides is 2. The highest BCUT2D eigenvalue weighted by molar-refractivity contribution is 5.97. The average molecular weight is 396 g/mol. The first-order valence-corrected chi connectivity index (χ1v) is 8.17. The number of hydrogen-bond acceptors (Lipinski definition) is 4. The standard InChI is InChI=1S/C19H19F3N2O4/c1-27-15-8-5-13(9-16(15)28-2)18(26)24-11-17(25)23-10-12-3-6-14(7-4-12)19(20,21)22/h3-9H,10-11H2,1-2H3,(H,23,25)(H,24,26). The van der Waals surface area contributed by atoms with Crippen molar-refractivity contribution < 1.29 is 32.2 Å². The van der Waals surface area contributed by atoms with E-state index in [9.17, 15) is 22.8 Å². The maximum atomic E-state index is 12.5. The van der Waals surface area contributed by atoms with E-state index in [2.05, 4.69) is 10.6 Å². The van der Waals surface area contributed by atoms with Gasteiger partial charge < -0.3 is 20.1 Å². The van der Waals surface area contributed by atoms with Crippen molar-refractivity contribution >= 4 is 11.8 Å². The van der Waals surface area contributed by atoms with Gasteiger partial charge in [0.2, 0.25) is 5.91 Å². The summed E-state index contributed by atoms with van der Waals surface area (Å²) in [7, 11) is 2.91. The van der Waals surface area contributed by atoms with Crippen molar-refractivity contribution in [2.45, 2.75) is 12.7 Å². The third-order valence-corrected chi connectivity index (χ3v) is 3.83. The van der Waals surface area contributed by atoms with E-state index in [0.717, 1.165) is 12.1 Å². The largest absolute Gasteiger partial charge is 0.493 e. The molecule has 9 heteroatoms. The van der Waals surface area contributed by atoms with Crippen molar-refractivity contribution in [1.29, 1.82) is 0 Å². The summed E-state index contributed by atoms with van der Waals surface area (Å²) in [6, 6.07) is 9.03. The molecule has 0 aromatic heterocycles. The van der Waals surface area contributed by atoms with E-state index in [1.807, 2.05) is 0 Å². The molecule has 0 aliphatic heterocycles. The molecule has 0 unspecified atom stereocenters. The van der Waals surface area contributed by atoms with Crippen LogP contribution in [0.15, 0.2) is 42.5 Å². The summed E-state index contributed by atoms with van der Waals surface area (Å²) >= 11 is 0. The van der Waals surface area contributed by atoms with Crippen molar-refractivity contribution in [1.82, 2.24) is 10.6 Å². The third kappa shape index (κ3) is 5.63. The number of hydrogen-bond donors (Lipinski definition) is 2. The molecule has 28 heavy (non-hydrogen) atoms. The normalized spacial score (nSPS) is 10.9. The number of rotatable bonds is 7. The van der Waals surface area contributed by atoms with E-state index in [1.165, 1.54) is 38.5 Å². The molecule has 0 saturated heterocycles. The molecule has 2 rings (SSSR count). The van der Waals surface area contributed by atoms with Crippen LogP contribution in [0.3, 0.4) is 0 Å². The molecule has 2 aromatic carbocycles. The molecule has 2 aromatic rings. The molecule has 0 bridgehead atoms. The Labute approximate surface area is 159 Å². The second-order valence-electron chi connectivity index (χ2n) is 5.72. The van der Waals surface area contributed by atoms with E-state index < -0.39 is 23.6 Å². The predicted molar refractivity (Wildman–Crippen MR) is 95.2 cm³/mol. The first-order chi connectivity index (χ1) is 13.2. The van der Waals surface area contributed by atoms with E-state index in [4.69, 9.17) is 9.47 Å². The van der Waals surface area contributed by atoms with Crippen LogP contribution < -0.4 is 20.1 Å². The Hall–Kier alpha value is -3.23. The Bertz CT molecular complexity index is 836. The fourth-order valence-electron chi connectivity index (χ4n) is 2.31. The number of halogens is 3. The lowest BCUT2D eigenvalue weighted by Crippen LogP contribution is -2.36. The van der Waals surface area contributed by atoms with Gasteiger partial charge in [-0.05, 0) is 35.9 Å². The summed E-state index contributed by atoms with van der Waals surface area (Å²) in [5.74, 6) is -0.116. The summed E-state index contributed by atoms with van der Waals surface area (Å²) in [5, 5.41) is 4.98. The Morgan fingerprint density at radius 3 is 2.14 bits per heavy atom. The summed E-state index contributed by atoms with van der Waals surface area (Å²) in [6.07, 6.45) is -4.41. The van der Waals surface area contributed by atoms with Gasteiger partial charge in [-0.15, -0.1) is 0 Å². The minimum atomic E-state index is -4.41. The van der Waals surface area contributed by atoms with Crippen LogP contribution in [0.4, 0.5) is 13.2 Å². The third-order valence-electron chi connectivity index (χ3n) is 3.83. The smallest absolute Gasteiger partial charge is 0.416 e. The Kier molecular flexibility index (Phi) is 6.86. The van der Waals surface area contributed by atoms with Gasteiger partial charge in [0.25, 0.3) is 5.91 Å². The molecule has 0 aliphatic rings. The van der Waals surface area contributed by atoms with Gasteiger partial charge in [0.15, 0.2) is 11.5 Å². The highest BCUT2D eigenvalue weighted by atomic mass is 19.4. The number of ether oxygens (including phenoxy) is 2. The number of methoxy groups -OCH3 is 2. The molecule has 0 spiro atoms. The average Bonchev–Trinajstić information content (AvgIpc) is 2.69. The van der Waals surface area contributed by atoms with Crippen molar-refractivity contribution in [2.24, 2.45) is 0 Å². The highest BCUT2D eigenvalue weighted by Gasteiger charge is 2.29. The highest BCUT2D eigenvalue weighted by Crippen LogP contribution is 2.29. The molecule has 0 fully saturated rings. The van der Waals surface area contributed by atoms with Gasteiger partial charge >= 0.3 is 6.18 Å². The molecule has 0 heterocycles. The van der Waals surface area contributed by atoms with Crippen LogP contribution >= 0.6 is 0 Å². The Morgan fingerprint density at radius 2 is 1.57 bits per heavy atom. The minimum absolute atomic E-state index is 0.0448. The van der Waals surface area contributed by atoms with Crippen LogP contribution in [0.2, 0.25) is 0 Å². The maximum Gasteiger partial charge on any atom is 0.416 e. The van der Waals surface area contributed by atoms with E-state index in [-0.39, 0.29) is 18.7 Å². The SMILES string of the molecule is COc1ccc(C(=O)NCC(=O)NCc2ccc(C(F)(F)F)cc2)cc1OC. The van der Waals surface area contributed by atoms with Crippen LogP contribution in [0.5, 0.6) is 11.5 Å². The molecule has 0 atom stereocenters. The molecular weight excluding hydrogens is 377 g/mol. The molecule has 0 radical (unpaired) electrons. The molecule has 150 valence electrons. The van der Waals surface area contributed by atoms with Crippen LogP contribution in [0, 0.1) is 0 Å². The van der Waals surface area contributed by atoms with Gasteiger partial charge in [0.05, 0.1) is 26.3 Å². The quantitative estimate of drug-likeness (QED) is 0.755. The van der Waals surface area contributed by atoms with Crippen molar-refractivity contribution in [3.05, 3.63) is 59.2 Å². The summed E-state index contributed by atoms with van der Waals surface area (Å²) < 4.78 is 47.7. The van der Waals surface area contributed by atoms with E-state index in [1.54, 1.807) is 6.07 Å². The number of alkyl halides is 3. The second-order valence-corrected chi connectivity index (χ2v) is 5.72. The summed E-state index contributed by atoms with van der Waals surface area (Å²) in [4.78, 5) is 24.0. The topological polar surface area (TPSA) is 76.7 Å². The lowest BCUT2D eigenvalue weighted by atomic mass is 10.1. The lowest BCUT2D eigenvalue weighted by molar-refractivity contribution is -0.137. The van der Waals surface area contributed by atoms with Gasteiger partial charge in [-0.2, -0.15) is 13.2 Å². The molecule has 2 N–H and O–H groups in total. The first-order valence-electron chi connectivity index (χ1n) is 8.17. The van der Waals surface area contributed by atoms with Crippen molar-refractivity contribution in [3.8, 4) is 11.5 Å². The van der Waals surface area contributed by atoms with Crippen LogP contribution in [0.25, 0.3) is 0 Å². The summed E-state index contributed by atoms with van der Waals surface area (Å²) in [5.41, 5.74) is 0.0329. The minimum Gasteiger partial charge on any atom is -0.493 e. The molecule has 6 nitrogen and oxygen atoms in total. The zero-order chi connectivity index (χ0) is 20.7. The van der Waals surface area contributed by atoms with E-state index in [0.29, 0.717) is 17.1 Å². The fraction of sp³-hybridized carbons (Fsp3) is 0.263. The number of nitrogens with one attached hydrogen (secondary N) is 2. The van der Waals surface area contributed by atoms with Gasteiger partial charge in [-0.3, -0.25) is 9.59 Å². The van der Waals surface area contributed by atoms with Crippen LogP contribution in [-0.2, 0) is 17.5 Å². The Balaban J connectivity index is 1.84. The van der Waals surface area contributed by atoms with E-state index >= 15 is 0 Å². The molecule has 0 saturated carbocycles. The Morgan fingerprint density at radius 1 is 0.929 bits per heavy atom. The van der Waals surface area contributed by atoms with Crippen LogP contribution in [0.1, 0.15) is 21.5 Å². The lowest BCUT2D eigenvalue weighted by Gasteiger charge is -2.11. The first kappa shape index (κ1) is 21.1. The van der Waals surface area contributed by atoms with Crippen molar-refractivity contribution in [2.75, 3.05) is 20.8 Å². The zero-order valence-electron chi connectivity index (χ0n) is 15.2. The molecule has 2 amide bonds. The van der Waals surface area contributed by atoms with Crippen LogP contribution in [-0.4, -0.2) is 32.6 Å². The molecular formula is C19H19F3N2O4. The van der Waals surface area contributed by atoms with Gasteiger partial charge in [0.1, 0.15) is 0 Å². The van der Waals surface area contributed by atoms with Gasteiger partial charge in [-0.1, -0.05) is 12.1 Å². The van der Waals surface area contributed by atoms with Crippen molar-refractivity contribution in [3.63, 3.8) is 0 Å². The predicted octanol–water partition coefficient (Wildman–Crippen LogP) is 2.77.